The normalized spacial score (nSPS) is 26.3. The molecule has 1 aliphatic carbocycles. The van der Waals surface area contributed by atoms with E-state index in [0.717, 1.165) is 25.3 Å². The fraction of sp³-hybridized carbons (Fsp3) is 0.688. The van der Waals surface area contributed by atoms with Gasteiger partial charge in [0.15, 0.2) is 0 Å². The van der Waals surface area contributed by atoms with E-state index in [4.69, 9.17) is 16.3 Å². The van der Waals surface area contributed by atoms with Crippen molar-refractivity contribution in [3.8, 4) is 0 Å². The second-order valence-corrected chi connectivity index (χ2v) is 7.84. The van der Waals surface area contributed by atoms with Crippen LogP contribution in [0.15, 0.2) is 12.4 Å². The molecule has 1 aromatic rings. The topological polar surface area (TPSA) is 58.6 Å². The summed E-state index contributed by atoms with van der Waals surface area (Å²) < 4.78 is 5.44. The number of halogens is 1. The lowest BCUT2D eigenvalue weighted by atomic mass is 10.2. The Kier molecular flexibility index (Phi) is 4.23. The van der Waals surface area contributed by atoms with Gasteiger partial charge in [0, 0.05) is 25.7 Å². The standard InChI is InChI=1S/C16H23ClN4O2/c1-16(2,3)23-15(22)21-8-11-12(9-21)14(11)20(4)7-10-5-19-13(17)6-18-10/h5-6,11-12,14H,7-9H2,1-4H3/t11-,12+,14?. The van der Waals surface area contributed by atoms with Gasteiger partial charge in [-0.3, -0.25) is 9.88 Å². The monoisotopic (exact) mass is 338 g/mol. The minimum atomic E-state index is -0.437. The van der Waals surface area contributed by atoms with Crippen LogP contribution >= 0.6 is 11.6 Å². The summed E-state index contributed by atoms with van der Waals surface area (Å²) in [6.07, 6.45) is 3.09. The minimum absolute atomic E-state index is 0.199. The molecule has 126 valence electrons. The van der Waals surface area contributed by atoms with E-state index in [1.807, 2.05) is 25.7 Å². The highest BCUT2D eigenvalue weighted by atomic mass is 35.5. The third kappa shape index (κ3) is 3.75. The largest absolute Gasteiger partial charge is 0.444 e. The molecule has 23 heavy (non-hydrogen) atoms. The smallest absolute Gasteiger partial charge is 0.410 e. The van der Waals surface area contributed by atoms with Crippen LogP contribution in [0.1, 0.15) is 26.5 Å². The van der Waals surface area contributed by atoms with E-state index in [-0.39, 0.29) is 6.09 Å². The van der Waals surface area contributed by atoms with Crippen LogP contribution in [0.5, 0.6) is 0 Å². The number of aromatic nitrogens is 2. The SMILES string of the molecule is CN(Cc1cnc(Cl)cn1)C1[C@H]2CN(C(=O)OC(C)(C)C)C[C@@H]12. The zero-order chi connectivity index (χ0) is 16.8. The first-order valence-electron chi connectivity index (χ1n) is 7.89. The lowest BCUT2D eigenvalue weighted by Gasteiger charge is -2.27. The molecule has 1 aliphatic heterocycles. The van der Waals surface area contributed by atoms with Crippen LogP contribution in [0.4, 0.5) is 4.79 Å². The fourth-order valence-electron chi connectivity index (χ4n) is 3.41. The summed E-state index contributed by atoms with van der Waals surface area (Å²) in [5, 5.41) is 0.410. The Hall–Kier alpha value is -1.40. The van der Waals surface area contributed by atoms with Gasteiger partial charge in [0.25, 0.3) is 0 Å². The summed E-state index contributed by atoms with van der Waals surface area (Å²) in [4.78, 5) is 24.5. The Labute approximate surface area is 141 Å². The van der Waals surface area contributed by atoms with Gasteiger partial charge in [0.1, 0.15) is 10.8 Å². The van der Waals surface area contributed by atoms with E-state index in [0.29, 0.717) is 23.0 Å². The number of fused-ring (bicyclic) bond motifs is 1. The first kappa shape index (κ1) is 16.5. The summed E-state index contributed by atoms with van der Waals surface area (Å²) in [5.74, 6) is 1.07. The fourth-order valence-corrected chi connectivity index (χ4v) is 3.50. The van der Waals surface area contributed by atoms with Gasteiger partial charge in [-0.1, -0.05) is 11.6 Å². The molecule has 1 unspecified atom stereocenters. The molecule has 0 radical (unpaired) electrons. The summed E-state index contributed by atoms with van der Waals surface area (Å²) in [7, 11) is 2.09. The molecule has 1 saturated carbocycles. The molecule has 2 heterocycles. The minimum Gasteiger partial charge on any atom is -0.444 e. The van der Waals surface area contributed by atoms with E-state index < -0.39 is 5.60 Å². The molecule has 1 saturated heterocycles. The maximum absolute atomic E-state index is 12.1. The van der Waals surface area contributed by atoms with Gasteiger partial charge in [0.2, 0.25) is 0 Å². The first-order valence-corrected chi connectivity index (χ1v) is 8.27. The average Bonchev–Trinajstić information content (AvgIpc) is 2.94. The Morgan fingerprint density at radius 2 is 2.00 bits per heavy atom. The Balaban J connectivity index is 1.49. The van der Waals surface area contributed by atoms with Gasteiger partial charge in [-0.15, -0.1) is 0 Å². The number of ether oxygens (including phenoxy) is 1. The molecule has 0 spiro atoms. The van der Waals surface area contributed by atoms with Crippen LogP contribution in [0.2, 0.25) is 5.15 Å². The number of amides is 1. The number of piperidine rings is 1. The summed E-state index contributed by atoms with van der Waals surface area (Å²) in [6.45, 7) is 7.98. The van der Waals surface area contributed by atoms with Crippen molar-refractivity contribution in [1.82, 2.24) is 19.8 Å². The number of hydrogen-bond donors (Lipinski definition) is 0. The van der Waals surface area contributed by atoms with Crippen LogP contribution in [-0.4, -0.2) is 57.6 Å². The number of hydrogen-bond acceptors (Lipinski definition) is 5. The highest BCUT2D eigenvalue weighted by molar-refractivity contribution is 6.29. The molecule has 6 nitrogen and oxygen atoms in total. The van der Waals surface area contributed by atoms with Crippen LogP contribution in [0.25, 0.3) is 0 Å². The zero-order valence-corrected chi connectivity index (χ0v) is 14.7. The van der Waals surface area contributed by atoms with Gasteiger partial charge in [-0.2, -0.15) is 0 Å². The predicted molar refractivity (Wildman–Crippen MR) is 87.1 cm³/mol. The van der Waals surface area contributed by atoms with Gasteiger partial charge >= 0.3 is 6.09 Å². The molecule has 0 N–H and O–H groups in total. The summed E-state index contributed by atoms with van der Waals surface area (Å²) in [5.41, 5.74) is 0.471. The predicted octanol–water partition coefficient (Wildman–Crippen LogP) is 2.43. The van der Waals surface area contributed by atoms with Crippen molar-refractivity contribution in [1.29, 1.82) is 0 Å². The molecular formula is C16H23ClN4O2. The maximum atomic E-state index is 12.1. The first-order chi connectivity index (χ1) is 10.7. The summed E-state index contributed by atoms with van der Waals surface area (Å²) in [6, 6.07) is 0.506. The Bertz CT molecular complexity index is 575. The molecule has 1 amide bonds. The molecule has 0 bridgehead atoms. The van der Waals surface area contributed by atoms with E-state index in [9.17, 15) is 4.79 Å². The number of carbonyl (C=O) groups is 1. The van der Waals surface area contributed by atoms with Crippen LogP contribution in [0, 0.1) is 11.8 Å². The van der Waals surface area contributed by atoms with Gasteiger partial charge in [0.05, 0.1) is 18.1 Å². The molecule has 0 aromatic carbocycles. The van der Waals surface area contributed by atoms with Crippen molar-refractivity contribution in [2.24, 2.45) is 11.8 Å². The number of likely N-dealkylation sites (tertiary alicyclic amines) is 1. The molecule has 2 aliphatic rings. The second kappa shape index (κ2) is 5.91. The highest BCUT2D eigenvalue weighted by Crippen LogP contribution is 2.49. The van der Waals surface area contributed by atoms with Crippen molar-refractivity contribution in [2.45, 2.75) is 39.0 Å². The van der Waals surface area contributed by atoms with E-state index in [1.54, 1.807) is 12.4 Å². The van der Waals surface area contributed by atoms with Gasteiger partial charge in [-0.05, 0) is 39.7 Å². The van der Waals surface area contributed by atoms with E-state index in [1.165, 1.54) is 0 Å². The lowest BCUT2D eigenvalue weighted by Crippen LogP contribution is -2.39. The Morgan fingerprint density at radius 3 is 2.52 bits per heavy atom. The van der Waals surface area contributed by atoms with Crippen molar-refractivity contribution in [3.05, 3.63) is 23.2 Å². The van der Waals surface area contributed by atoms with E-state index in [2.05, 4.69) is 21.9 Å². The van der Waals surface area contributed by atoms with Crippen molar-refractivity contribution in [3.63, 3.8) is 0 Å². The molecule has 1 aromatic heterocycles. The number of carbonyl (C=O) groups excluding carboxylic acids is 1. The third-order valence-electron chi connectivity index (χ3n) is 4.39. The van der Waals surface area contributed by atoms with Gasteiger partial charge < -0.3 is 9.64 Å². The lowest BCUT2D eigenvalue weighted by molar-refractivity contribution is 0.0258. The summed E-state index contributed by atoms with van der Waals surface area (Å²) >= 11 is 5.76. The van der Waals surface area contributed by atoms with Crippen molar-refractivity contribution in [2.75, 3.05) is 20.1 Å². The zero-order valence-electron chi connectivity index (χ0n) is 14.0. The van der Waals surface area contributed by atoms with Gasteiger partial charge in [-0.25, -0.2) is 9.78 Å². The number of rotatable bonds is 3. The highest BCUT2D eigenvalue weighted by Gasteiger charge is 2.58. The molecule has 3 rings (SSSR count). The molecule has 3 atom stereocenters. The Morgan fingerprint density at radius 1 is 1.35 bits per heavy atom. The number of nitrogens with zero attached hydrogens (tertiary/aromatic N) is 4. The van der Waals surface area contributed by atoms with Crippen molar-refractivity contribution >= 4 is 17.7 Å². The molecule has 7 heteroatoms. The average molecular weight is 339 g/mol. The second-order valence-electron chi connectivity index (χ2n) is 7.45. The maximum Gasteiger partial charge on any atom is 0.410 e. The van der Waals surface area contributed by atoms with E-state index >= 15 is 0 Å². The quantitative estimate of drug-likeness (QED) is 0.847. The van der Waals surface area contributed by atoms with Crippen LogP contribution < -0.4 is 0 Å². The van der Waals surface area contributed by atoms with Crippen molar-refractivity contribution < 1.29 is 9.53 Å². The van der Waals surface area contributed by atoms with Crippen LogP contribution in [-0.2, 0) is 11.3 Å². The third-order valence-corrected chi connectivity index (χ3v) is 4.59. The molecular weight excluding hydrogens is 316 g/mol. The molecule has 2 fully saturated rings. The van der Waals surface area contributed by atoms with Crippen LogP contribution in [0.3, 0.4) is 0 Å².